The zero-order valence-electron chi connectivity index (χ0n) is 15.6. The van der Waals surface area contributed by atoms with Gasteiger partial charge in [0.2, 0.25) is 0 Å². The molecule has 0 atom stereocenters. The Labute approximate surface area is 168 Å². The molecule has 1 amide bonds. The minimum absolute atomic E-state index is 0. The fraction of sp³-hybridized carbons (Fsp3) is 0.444. The fourth-order valence-corrected chi connectivity index (χ4v) is 1.92. The molecule has 0 aromatic heterocycles. The van der Waals surface area contributed by atoms with Gasteiger partial charge in [0.1, 0.15) is 11.3 Å². The predicted molar refractivity (Wildman–Crippen MR) is 94.3 cm³/mol. The van der Waals surface area contributed by atoms with E-state index in [-0.39, 0.29) is 32.8 Å². The van der Waals surface area contributed by atoms with E-state index in [1.165, 1.54) is 23.1 Å². The van der Waals surface area contributed by atoms with Crippen molar-refractivity contribution in [2.75, 3.05) is 6.61 Å². The molecule has 7 nitrogen and oxygen atoms in total. The normalized spacial score (nSPS) is 15.2. The first-order valence-electron chi connectivity index (χ1n) is 7.75. The molecule has 0 aliphatic carbocycles. The molecule has 1 aromatic carbocycles. The number of amides is 1. The van der Waals surface area contributed by atoms with Crippen LogP contribution in [0.5, 0.6) is 0 Å². The summed E-state index contributed by atoms with van der Waals surface area (Å²) in [7, 11) is 0. The van der Waals surface area contributed by atoms with Crippen LogP contribution in [0.1, 0.15) is 40.2 Å². The maximum atomic E-state index is 11.7. The van der Waals surface area contributed by atoms with E-state index in [9.17, 15) is 14.9 Å². The van der Waals surface area contributed by atoms with Gasteiger partial charge < -0.3 is 14.4 Å². The molecule has 1 heterocycles. The second kappa shape index (κ2) is 9.83. The summed E-state index contributed by atoms with van der Waals surface area (Å²) in [4.78, 5) is 22.9. The zero-order chi connectivity index (χ0) is 19.3. The van der Waals surface area contributed by atoms with Crippen LogP contribution in [0, 0.1) is 23.2 Å². The van der Waals surface area contributed by atoms with Gasteiger partial charge in [-0.2, -0.15) is 5.56 Å². The van der Waals surface area contributed by atoms with E-state index in [2.05, 4.69) is 0 Å². The van der Waals surface area contributed by atoms with E-state index in [4.69, 9.17) is 16.1 Å². The van der Waals surface area contributed by atoms with Gasteiger partial charge in [-0.1, -0.05) is 6.61 Å². The molecule has 26 heavy (non-hydrogen) atoms. The van der Waals surface area contributed by atoms with Crippen molar-refractivity contribution in [1.29, 1.82) is 0 Å². The summed E-state index contributed by atoms with van der Waals surface area (Å²) < 4.78 is 10.6. The average Bonchev–Trinajstić information content (AvgIpc) is 2.86. The summed E-state index contributed by atoms with van der Waals surface area (Å²) in [6, 6.07) is 6.02. The maximum Gasteiger partial charge on any atom is 2.00 e. The Balaban J connectivity index is 0.000000475. The van der Waals surface area contributed by atoms with Gasteiger partial charge >= 0.3 is 27.2 Å². The molecular weight excluding hydrogens is 508 g/mol. The van der Waals surface area contributed by atoms with E-state index >= 15 is 0 Å². The molecule has 0 bridgehead atoms. The van der Waals surface area contributed by atoms with E-state index in [1.807, 2.05) is 34.6 Å². The molecular formula is C18H24N2O5W. The number of nitrogens with zero attached hydrogens (tertiary/aromatic N) is 2. The number of benzene rings is 1. The standard InChI is InChI=1S/C10H18NO3.C8H6NO2.W/c1-9(2,3)14-8(12)11-6-7-13-10(11,4)5;1-2-7-3-5-8(6-4-7)9(10)11;/h6H,7H2,1-5H3;1-6H;/q2*-1;+2. The van der Waals surface area contributed by atoms with Gasteiger partial charge in [-0.15, -0.1) is 12.1 Å². The van der Waals surface area contributed by atoms with Crippen molar-refractivity contribution in [3.63, 3.8) is 0 Å². The van der Waals surface area contributed by atoms with Crippen LogP contribution in [0.15, 0.2) is 24.3 Å². The number of non-ortho nitro benzene ring substituents is 1. The first-order valence-corrected chi connectivity index (χ1v) is 7.75. The Hall–Kier alpha value is -1.72. The zero-order valence-corrected chi connectivity index (χ0v) is 18.5. The number of carbonyl (C=O) groups excluding carboxylic acids is 1. The van der Waals surface area contributed by atoms with E-state index in [0.717, 1.165) is 5.56 Å². The number of rotatable bonds is 2. The van der Waals surface area contributed by atoms with Gasteiger partial charge in [-0.25, -0.2) is 17.4 Å². The summed E-state index contributed by atoms with van der Waals surface area (Å²) in [5, 5.41) is 10.2. The number of nitro benzene ring substituents is 1. The number of nitro groups is 1. The molecule has 0 radical (unpaired) electrons. The molecule has 0 N–H and O–H groups in total. The van der Waals surface area contributed by atoms with E-state index in [1.54, 1.807) is 18.7 Å². The van der Waals surface area contributed by atoms with Gasteiger partial charge in [0.25, 0.3) is 5.69 Å². The van der Waals surface area contributed by atoms with Crippen molar-refractivity contribution in [3.8, 4) is 0 Å². The Morgan fingerprint density at radius 2 is 1.92 bits per heavy atom. The predicted octanol–water partition coefficient (Wildman–Crippen LogP) is 4.19. The van der Waals surface area contributed by atoms with Crippen molar-refractivity contribution in [1.82, 2.24) is 4.90 Å². The smallest absolute Gasteiger partial charge is 0.445 e. The van der Waals surface area contributed by atoms with Crippen molar-refractivity contribution < 1.29 is 40.3 Å². The Morgan fingerprint density at radius 1 is 1.38 bits per heavy atom. The minimum atomic E-state index is -0.595. The second-order valence-electron chi connectivity index (χ2n) is 6.81. The quantitative estimate of drug-likeness (QED) is 0.324. The van der Waals surface area contributed by atoms with Crippen molar-refractivity contribution in [2.24, 2.45) is 0 Å². The van der Waals surface area contributed by atoms with Crippen LogP contribution < -0.4 is 0 Å². The third-order valence-electron chi connectivity index (χ3n) is 3.16. The molecule has 0 saturated carbocycles. The van der Waals surface area contributed by atoms with Crippen molar-refractivity contribution in [3.05, 3.63) is 53.1 Å². The van der Waals surface area contributed by atoms with Crippen LogP contribution in [0.2, 0.25) is 0 Å². The summed E-state index contributed by atoms with van der Waals surface area (Å²) in [5.74, 6) is 0. The fourth-order valence-electron chi connectivity index (χ4n) is 1.92. The summed E-state index contributed by atoms with van der Waals surface area (Å²) in [5.41, 5.74) is -0.211. The molecule has 1 aliphatic rings. The number of ether oxygens (including phenoxy) is 2. The van der Waals surface area contributed by atoms with Crippen molar-refractivity contribution >= 4 is 17.9 Å². The molecule has 0 spiro atoms. The van der Waals surface area contributed by atoms with Crippen LogP contribution >= 0.6 is 0 Å². The summed E-state index contributed by atoms with van der Waals surface area (Å²) in [6.45, 7) is 16.5. The molecule has 1 fully saturated rings. The van der Waals surface area contributed by atoms with Gasteiger partial charge in [0.15, 0.2) is 0 Å². The Bertz CT molecular complexity index is 623. The first-order chi connectivity index (χ1) is 11.5. The molecule has 142 valence electrons. The van der Waals surface area contributed by atoms with Crippen molar-refractivity contribution in [2.45, 2.75) is 45.9 Å². The van der Waals surface area contributed by atoms with Gasteiger partial charge in [0, 0.05) is 0 Å². The number of hydrogen-bond donors (Lipinski definition) is 0. The minimum Gasteiger partial charge on any atom is -0.445 e. The van der Waals surface area contributed by atoms with Crippen LogP contribution in [0.3, 0.4) is 0 Å². The third-order valence-corrected chi connectivity index (χ3v) is 3.16. The van der Waals surface area contributed by atoms with Crippen LogP contribution in [0.4, 0.5) is 10.5 Å². The molecule has 8 heteroatoms. The summed E-state index contributed by atoms with van der Waals surface area (Å²) in [6.07, 6.45) is 1.03. The first kappa shape index (κ1) is 24.3. The second-order valence-corrected chi connectivity index (χ2v) is 6.81. The monoisotopic (exact) mass is 532 g/mol. The number of carbonyl (C=O) groups is 1. The van der Waals surface area contributed by atoms with Crippen LogP contribution in [-0.2, 0) is 30.5 Å². The maximum absolute atomic E-state index is 11.7. The molecule has 1 aromatic rings. The van der Waals surface area contributed by atoms with E-state index < -0.39 is 16.2 Å². The van der Waals surface area contributed by atoms with E-state index in [0.29, 0.717) is 6.61 Å². The molecule has 1 aliphatic heterocycles. The molecule has 2 rings (SSSR count). The van der Waals surface area contributed by atoms with Crippen LogP contribution in [-0.4, -0.2) is 33.8 Å². The number of hydrogen-bond acceptors (Lipinski definition) is 5. The average molecular weight is 532 g/mol. The largest absolute Gasteiger partial charge is 2.00 e. The SMILES string of the molecule is CC(C)(C)OC(=O)N1[CH-]COC1(C)C.[CH-]=Cc1ccc([N+](=O)[O-])cc1.[W+2]. The van der Waals surface area contributed by atoms with Gasteiger partial charge in [0.05, 0.1) is 4.92 Å². The molecule has 1 saturated heterocycles. The summed E-state index contributed by atoms with van der Waals surface area (Å²) >= 11 is 0. The van der Waals surface area contributed by atoms with Gasteiger partial charge in [-0.05, 0) is 46.8 Å². The Morgan fingerprint density at radius 3 is 2.27 bits per heavy atom. The van der Waals surface area contributed by atoms with Gasteiger partial charge in [-0.3, -0.25) is 16.7 Å². The molecule has 0 unspecified atom stereocenters. The third kappa shape index (κ3) is 7.66. The van der Waals surface area contributed by atoms with Crippen LogP contribution in [0.25, 0.3) is 6.08 Å². The topological polar surface area (TPSA) is 81.9 Å². The Kier molecular flexibility index (Phi) is 9.18.